The molecule has 1 fully saturated rings. The molecule has 2 aromatic rings. The molecule has 1 unspecified atom stereocenters. The predicted molar refractivity (Wildman–Crippen MR) is 87.9 cm³/mol. The Morgan fingerprint density at radius 3 is 3.00 bits per heavy atom. The van der Waals surface area contributed by atoms with Gasteiger partial charge >= 0.3 is 0 Å². The van der Waals surface area contributed by atoms with E-state index in [4.69, 9.17) is 0 Å². The number of halogens is 1. The lowest BCUT2D eigenvalue weighted by Gasteiger charge is -2.15. The molecule has 1 aromatic heterocycles. The van der Waals surface area contributed by atoms with Crippen molar-refractivity contribution in [3.8, 4) is 11.4 Å². The molecule has 2 N–H and O–H groups in total. The van der Waals surface area contributed by atoms with Gasteiger partial charge in [0.25, 0.3) is 5.91 Å². The topological polar surface area (TPSA) is 70.4 Å². The van der Waals surface area contributed by atoms with Crippen LogP contribution in [0.1, 0.15) is 22.5 Å². The number of amides is 1. The number of carbonyl (C=O) groups excluding carboxylic acids is 1. The molecule has 6 nitrogen and oxygen atoms in total. The summed E-state index contributed by atoms with van der Waals surface area (Å²) in [5, 5.41) is 17.5. The highest BCUT2D eigenvalue weighted by atomic mass is 19.1. The van der Waals surface area contributed by atoms with Gasteiger partial charge in [0.2, 0.25) is 0 Å². The molecule has 1 atom stereocenters. The van der Waals surface area contributed by atoms with E-state index in [0.29, 0.717) is 30.3 Å². The third-order valence-corrected chi connectivity index (χ3v) is 4.37. The number of aryl methyl sites for hydroxylation is 1. The van der Waals surface area contributed by atoms with Crippen molar-refractivity contribution in [2.45, 2.75) is 13.3 Å². The van der Waals surface area contributed by atoms with E-state index in [0.717, 1.165) is 13.0 Å². The number of hydrogen-bond donors (Lipinski definition) is 2. The van der Waals surface area contributed by atoms with Gasteiger partial charge in [0.15, 0.2) is 11.4 Å². The Labute approximate surface area is 139 Å². The van der Waals surface area contributed by atoms with Crippen molar-refractivity contribution < 1.29 is 14.3 Å². The summed E-state index contributed by atoms with van der Waals surface area (Å²) in [5.41, 5.74) is 1.33. The van der Waals surface area contributed by atoms with Crippen LogP contribution >= 0.6 is 0 Å². The van der Waals surface area contributed by atoms with E-state index in [9.17, 15) is 14.3 Å². The smallest absolute Gasteiger partial charge is 0.278 e. The van der Waals surface area contributed by atoms with Crippen molar-refractivity contribution in [2.24, 2.45) is 5.92 Å². The zero-order chi connectivity index (χ0) is 17.3. The minimum Gasteiger partial charge on any atom is -0.504 e. The molecule has 0 radical (unpaired) electrons. The van der Waals surface area contributed by atoms with Gasteiger partial charge in [-0.3, -0.25) is 4.79 Å². The first-order valence-electron chi connectivity index (χ1n) is 7.98. The molecular formula is C17H21FN4O2. The summed E-state index contributed by atoms with van der Waals surface area (Å²) in [6.07, 6.45) is 2.32. The second kappa shape index (κ2) is 6.60. The maximum absolute atomic E-state index is 13.2. The minimum absolute atomic E-state index is 0.0313. The van der Waals surface area contributed by atoms with Crippen LogP contribution in [0.5, 0.6) is 5.75 Å². The molecular weight excluding hydrogens is 311 g/mol. The summed E-state index contributed by atoms with van der Waals surface area (Å²) in [6.45, 7) is 3.93. The summed E-state index contributed by atoms with van der Waals surface area (Å²) in [4.78, 5) is 14.3. The molecule has 7 heteroatoms. The minimum atomic E-state index is -0.337. The molecule has 0 saturated carbocycles. The number of aromatic hydroxyl groups is 1. The number of aromatic nitrogens is 2. The van der Waals surface area contributed by atoms with E-state index in [2.05, 4.69) is 10.4 Å². The van der Waals surface area contributed by atoms with E-state index >= 15 is 0 Å². The third kappa shape index (κ3) is 3.12. The number of carbonyl (C=O) groups is 1. The molecule has 2 heterocycles. The van der Waals surface area contributed by atoms with Gasteiger partial charge in [-0.2, -0.15) is 5.10 Å². The van der Waals surface area contributed by atoms with Crippen LogP contribution in [0.15, 0.2) is 24.4 Å². The molecule has 1 saturated heterocycles. The van der Waals surface area contributed by atoms with Crippen LogP contribution in [0.25, 0.3) is 5.69 Å². The van der Waals surface area contributed by atoms with Gasteiger partial charge in [-0.05, 0) is 56.6 Å². The number of hydrogen-bond acceptors (Lipinski definition) is 4. The van der Waals surface area contributed by atoms with Gasteiger partial charge in [0, 0.05) is 13.1 Å². The van der Waals surface area contributed by atoms with Crippen molar-refractivity contribution in [1.29, 1.82) is 0 Å². The van der Waals surface area contributed by atoms with Crippen LogP contribution in [0, 0.1) is 18.7 Å². The van der Waals surface area contributed by atoms with Crippen LogP contribution in [-0.4, -0.2) is 52.4 Å². The van der Waals surface area contributed by atoms with Gasteiger partial charge in [-0.15, -0.1) is 0 Å². The lowest BCUT2D eigenvalue weighted by atomic mass is 10.1. The van der Waals surface area contributed by atoms with Gasteiger partial charge in [-0.25, -0.2) is 9.07 Å². The van der Waals surface area contributed by atoms with Gasteiger partial charge in [0.1, 0.15) is 5.82 Å². The Bertz CT molecular complexity index is 759. The Kier molecular flexibility index (Phi) is 4.53. The van der Waals surface area contributed by atoms with Crippen LogP contribution in [0.3, 0.4) is 0 Å². The van der Waals surface area contributed by atoms with Gasteiger partial charge < -0.3 is 15.3 Å². The number of likely N-dealkylation sites (tertiary alicyclic amines) is 1. The average Bonchev–Trinajstić information content (AvgIpc) is 3.14. The fourth-order valence-corrected chi connectivity index (χ4v) is 3.14. The molecule has 1 aliphatic heterocycles. The second-order valence-corrected chi connectivity index (χ2v) is 6.20. The van der Waals surface area contributed by atoms with Crippen molar-refractivity contribution in [3.63, 3.8) is 0 Å². The monoisotopic (exact) mass is 332 g/mol. The molecule has 1 amide bonds. The second-order valence-electron chi connectivity index (χ2n) is 6.20. The molecule has 0 aliphatic carbocycles. The maximum Gasteiger partial charge on any atom is 0.278 e. The molecule has 0 bridgehead atoms. The standard InChI is InChI=1S/C17H21FN4O2/c1-11-7-13(18)3-4-14(11)22-10-15(23)16(20-22)17(24)21-6-5-12(9-21)8-19-2/h3-4,7,10,12,19,23H,5-6,8-9H2,1-2H3. The Hall–Kier alpha value is -2.41. The number of rotatable bonds is 4. The SMILES string of the molecule is CNCC1CCN(C(=O)c2nn(-c3ccc(F)cc3C)cc2O)C1. The number of nitrogens with one attached hydrogen (secondary N) is 1. The summed E-state index contributed by atoms with van der Waals surface area (Å²) in [6, 6.07) is 4.29. The van der Waals surface area contributed by atoms with E-state index in [1.807, 2.05) is 7.05 Å². The van der Waals surface area contributed by atoms with Crippen LogP contribution in [0.4, 0.5) is 4.39 Å². The van der Waals surface area contributed by atoms with Crippen LogP contribution in [-0.2, 0) is 0 Å². The Morgan fingerprint density at radius 2 is 2.29 bits per heavy atom. The first-order chi connectivity index (χ1) is 11.5. The van der Waals surface area contributed by atoms with E-state index in [1.54, 1.807) is 17.9 Å². The molecule has 3 rings (SSSR count). The summed E-state index contributed by atoms with van der Waals surface area (Å²) >= 11 is 0. The fraction of sp³-hybridized carbons (Fsp3) is 0.412. The first-order valence-corrected chi connectivity index (χ1v) is 7.98. The Balaban J connectivity index is 1.83. The highest BCUT2D eigenvalue weighted by molar-refractivity contribution is 5.95. The van der Waals surface area contributed by atoms with E-state index < -0.39 is 0 Å². The summed E-state index contributed by atoms with van der Waals surface area (Å²) < 4.78 is 14.7. The quantitative estimate of drug-likeness (QED) is 0.894. The molecule has 1 aliphatic rings. The van der Waals surface area contributed by atoms with Crippen molar-refractivity contribution in [2.75, 3.05) is 26.7 Å². The van der Waals surface area contributed by atoms with Crippen molar-refractivity contribution in [1.82, 2.24) is 20.0 Å². The molecule has 0 spiro atoms. The highest BCUT2D eigenvalue weighted by Crippen LogP contribution is 2.24. The summed E-state index contributed by atoms with van der Waals surface area (Å²) in [5.74, 6) is -0.357. The van der Waals surface area contributed by atoms with Crippen LogP contribution in [0.2, 0.25) is 0 Å². The van der Waals surface area contributed by atoms with Crippen LogP contribution < -0.4 is 5.32 Å². The maximum atomic E-state index is 13.2. The average molecular weight is 332 g/mol. The largest absolute Gasteiger partial charge is 0.504 e. The zero-order valence-electron chi connectivity index (χ0n) is 13.8. The normalized spacial score (nSPS) is 17.5. The third-order valence-electron chi connectivity index (χ3n) is 4.37. The van der Waals surface area contributed by atoms with Crippen molar-refractivity contribution >= 4 is 5.91 Å². The zero-order valence-corrected chi connectivity index (χ0v) is 13.8. The van der Waals surface area contributed by atoms with Gasteiger partial charge in [-0.1, -0.05) is 0 Å². The van der Waals surface area contributed by atoms with Gasteiger partial charge in [0.05, 0.1) is 11.9 Å². The predicted octanol–water partition coefficient (Wildman–Crippen LogP) is 1.71. The number of benzene rings is 1. The molecule has 24 heavy (non-hydrogen) atoms. The fourth-order valence-electron chi connectivity index (χ4n) is 3.14. The lowest BCUT2D eigenvalue weighted by molar-refractivity contribution is 0.0778. The van der Waals surface area contributed by atoms with E-state index in [-0.39, 0.29) is 23.2 Å². The van der Waals surface area contributed by atoms with E-state index in [1.165, 1.54) is 23.0 Å². The van der Waals surface area contributed by atoms with Crippen molar-refractivity contribution in [3.05, 3.63) is 41.5 Å². The summed E-state index contributed by atoms with van der Waals surface area (Å²) in [7, 11) is 1.89. The first kappa shape index (κ1) is 16.4. The lowest BCUT2D eigenvalue weighted by Crippen LogP contribution is -2.30. The molecule has 128 valence electrons. The molecule has 1 aromatic carbocycles. The highest BCUT2D eigenvalue weighted by Gasteiger charge is 2.29. The number of nitrogens with zero attached hydrogens (tertiary/aromatic N) is 3. The Morgan fingerprint density at radius 1 is 1.50 bits per heavy atom.